The molecule has 1 aliphatic rings. The zero-order valence-electron chi connectivity index (χ0n) is 14.6. The number of nitrogens with zero attached hydrogens (tertiary/aromatic N) is 2. The lowest BCUT2D eigenvalue weighted by molar-refractivity contribution is 0.0378. The molecule has 0 bridgehead atoms. The highest BCUT2D eigenvalue weighted by atomic mass is 35.5. The summed E-state index contributed by atoms with van der Waals surface area (Å²) >= 11 is 12.4. The summed E-state index contributed by atoms with van der Waals surface area (Å²) in [5.74, 6) is -0.644. The summed E-state index contributed by atoms with van der Waals surface area (Å²) in [7, 11) is 1.63. The Morgan fingerprint density at radius 3 is 2.50 bits per heavy atom. The molecule has 0 fully saturated rings. The van der Waals surface area contributed by atoms with E-state index in [4.69, 9.17) is 27.9 Å². The van der Waals surface area contributed by atoms with Crippen LogP contribution in [-0.4, -0.2) is 21.2 Å². The van der Waals surface area contributed by atoms with Gasteiger partial charge in [0.1, 0.15) is 0 Å². The van der Waals surface area contributed by atoms with E-state index in [-0.39, 0.29) is 27.4 Å². The average molecular weight is 397 g/mol. The second-order valence-electron chi connectivity index (χ2n) is 6.50. The molecule has 0 atom stereocenters. The maximum Gasteiger partial charge on any atom is 0.339 e. The van der Waals surface area contributed by atoms with Gasteiger partial charge >= 0.3 is 11.7 Å². The van der Waals surface area contributed by atoms with Crippen LogP contribution in [0.3, 0.4) is 0 Å². The Kier molecular flexibility index (Phi) is 4.99. The summed E-state index contributed by atoms with van der Waals surface area (Å²) < 4.78 is 7.62. The Hall–Kier alpha value is -2.05. The third kappa shape index (κ3) is 3.08. The molecule has 6 nitrogen and oxygen atoms in total. The molecule has 1 aliphatic carbocycles. The Bertz CT molecular complexity index is 1020. The summed E-state index contributed by atoms with van der Waals surface area (Å²) in [6.45, 7) is 3.42. The molecule has 0 amide bonds. The standard InChI is InChI=1S/C18H18Cl2N2O4/c1-9(2)26-17(24)11-7-15(13(20)8-12(11)19)22-16(23)10-5-4-6-14(10)21(3)18(22)25/h7-9H,4-6H2,1-3H3. The van der Waals surface area contributed by atoms with Gasteiger partial charge in [0.2, 0.25) is 0 Å². The highest BCUT2D eigenvalue weighted by Crippen LogP contribution is 2.28. The van der Waals surface area contributed by atoms with Crippen LogP contribution in [0, 0.1) is 0 Å². The number of halogens is 2. The predicted molar refractivity (Wildman–Crippen MR) is 99.9 cm³/mol. The number of fused-ring (bicyclic) bond motifs is 1. The van der Waals surface area contributed by atoms with E-state index < -0.39 is 17.2 Å². The van der Waals surface area contributed by atoms with Crippen molar-refractivity contribution in [2.45, 2.75) is 39.2 Å². The number of benzene rings is 1. The first-order chi connectivity index (χ1) is 12.2. The third-order valence-corrected chi connectivity index (χ3v) is 4.99. The van der Waals surface area contributed by atoms with E-state index in [1.807, 2.05) is 0 Å². The number of rotatable bonds is 3. The summed E-state index contributed by atoms with van der Waals surface area (Å²) in [6, 6.07) is 2.67. The molecule has 8 heteroatoms. The lowest BCUT2D eigenvalue weighted by Crippen LogP contribution is -2.40. The maximum atomic E-state index is 12.9. The number of esters is 1. The Morgan fingerprint density at radius 1 is 1.15 bits per heavy atom. The number of carbonyl (C=O) groups excluding carboxylic acids is 1. The van der Waals surface area contributed by atoms with Crippen molar-refractivity contribution in [1.82, 2.24) is 9.13 Å². The van der Waals surface area contributed by atoms with Gasteiger partial charge in [0.15, 0.2) is 0 Å². The van der Waals surface area contributed by atoms with E-state index in [9.17, 15) is 14.4 Å². The van der Waals surface area contributed by atoms with E-state index in [0.29, 0.717) is 18.4 Å². The predicted octanol–water partition coefficient (Wildman–Crippen LogP) is 2.90. The van der Waals surface area contributed by atoms with Crippen LogP contribution in [0.2, 0.25) is 10.0 Å². The molecule has 3 rings (SSSR count). The molecule has 1 aromatic heterocycles. The number of aromatic nitrogens is 2. The first-order valence-corrected chi connectivity index (χ1v) is 9.02. The van der Waals surface area contributed by atoms with Gasteiger partial charge in [0.25, 0.3) is 5.56 Å². The van der Waals surface area contributed by atoms with Gasteiger partial charge in [0, 0.05) is 18.3 Å². The lowest BCUT2D eigenvalue weighted by Gasteiger charge is -2.15. The van der Waals surface area contributed by atoms with E-state index in [0.717, 1.165) is 16.7 Å². The van der Waals surface area contributed by atoms with Gasteiger partial charge in [-0.25, -0.2) is 14.2 Å². The molecule has 0 unspecified atom stereocenters. The van der Waals surface area contributed by atoms with E-state index >= 15 is 0 Å². The van der Waals surface area contributed by atoms with Crippen LogP contribution in [0.5, 0.6) is 0 Å². The van der Waals surface area contributed by atoms with Crippen molar-refractivity contribution < 1.29 is 9.53 Å². The first kappa shape index (κ1) is 18.7. The minimum atomic E-state index is -0.644. The van der Waals surface area contributed by atoms with E-state index in [1.165, 1.54) is 16.7 Å². The van der Waals surface area contributed by atoms with Gasteiger partial charge in [0.05, 0.1) is 27.4 Å². The number of hydrogen-bond acceptors (Lipinski definition) is 4. The molecular formula is C18H18Cl2N2O4. The zero-order valence-corrected chi connectivity index (χ0v) is 16.1. The Balaban J connectivity index is 2.26. The minimum Gasteiger partial charge on any atom is -0.459 e. The largest absolute Gasteiger partial charge is 0.459 e. The van der Waals surface area contributed by atoms with Gasteiger partial charge in [-0.15, -0.1) is 0 Å². The zero-order chi connectivity index (χ0) is 19.2. The van der Waals surface area contributed by atoms with Crippen molar-refractivity contribution in [3.8, 4) is 5.69 Å². The second-order valence-corrected chi connectivity index (χ2v) is 7.31. The van der Waals surface area contributed by atoms with Crippen LogP contribution in [0.4, 0.5) is 0 Å². The van der Waals surface area contributed by atoms with Crippen molar-refractivity contribution in [2.75, 3.05) is 0 Å². The molecule has 1 aromatic carbocycles. The molecule has 0 N–H and O–H groups in total. The molecule has 0 radical (unpaired) electrons. The SMILES string of the molecule is CC(C)OC(=O)c1cc(-n2c(=O)c3c(n(C)c2=O)CCC3)c(Cl)cc1Cl. The van der Waals surface area contributed by atoms with E-state index in [1.54, 1.807) is 20.9 Å². The summed E-state index contributed by atoms with van der Waals surface area (Å²) in [4.78, 5) is 37.9. The topological polar surface area (TPSA) is 70.3 Å². The summed E-state index contributed by atoms with van der Waals surface area (Å²) in [6.07, 6.45) is 1.78. The molecule has 0 saturated heterocycles. The minimum absolute atomic E-state index is 0.0502. The van der Waals surface area contributed by atoms with Crippen LogP contribution >= 0.6 is 23.2 Å². The smallest absolute Gasteiger partial charge is 0.339 e. The van der Waals surface area contributed by atoms with Crippen LogP contribution in [-0.2, 0) is 24.6 Å². The maximum absolute atomic E-state index is 12.9. The van der Waals surface area contributed by atoms with Crippen molar-refractivity contribution in [2.24, 2.45) is 7.05 Å². The van der Waals surface area contributed by atoms with Gasteiger partial charge in [-0.1, -0.05) is 23.2 Å². The van der Waals surface area contributed by atoms with Crippen LogP contribution < -0.4 is 11.2 Å². The highest BCUT2D eigenvalue weighted by Gasteiger charge is 2.24. The van der Waals surface area contributed by atoms with Gasteiger partial charge in [-0.05, 0) is 45.2 Å². The second kappa shape index (κ2) is 6.93. The Labute approximate surface area is 159 Å². The quantitative estimate of drug-likeness (QED) is 0.747. The van der Waals surface area contributed by atoms with Gasteiger partial charge in [-0.3, -0.25) is 4.79 Å². The number of carbonyl (C=O) groups is 1. The third-order valence-electron chi connectivity index (χ3n) is 4.37. The molecule has 0 spiro atoms. The Morgan fingerprint density at radius 2 is 1.85 bits per heavy atom. The normalized spacial score (nSPS) is 13.2. The number of ether oxygens (including phenoxy) is 1. The molecular weight excluding hydrogens is 379 g/mol. The fourth-order valence-electron chi connectivity index (χ4n) is 3.17. The van der Waals surface area contributed by atoms with Crippen LogP contribution in [0.15, 0.2) is 21.7 Å². The monoisotopic (exact) mass is 396 g/mol. The van der Waals surface area contributed by atoms with Crippen LogP contribution in [0.1, 0.15) is 41.9 Å². The molecule has 26 heavy (non-hydrogen) atoms. The van der Waals surface area contributed by atoms with Crippen LogP contribution in [0.25, 0.3) is 5.69 Å². The van der Waals surface area contributed by atoms with Crippen molar-refractivity contribution >= 4 is 29.2 Å². The number of hydrogen-bond donors (Lipinski definition) is 0. The molecule has 0 saturated carbocycles. The molecule has 138 valence electrons. The molecule has 1 heterocycles. The highest BCUT2D eigenvalue weighted by molar-refractivity contribution is 6.37. The van der Waals surface area contributed by atoms with E-state index in [2.05, 4.69) is 0 Å². The average Bonchev–Trinajstić information content (AvgIpc) is 3.04. The first-order valence-electron chi connectivity index (χ1n) is 8.26. The van der Waals surface area contributed by atoms with Crippen molar-refractivity contribution in [1.29, 1.82) is 0 Å². The summed E-state index contributed by atoms with van der Waals surface area (Å²) in [5, 5.41) is 0.198. The van der Waals surface area contributed by atoms with Gasteiger partial charge in [-0.2, -0.15) is 0 Å². The molecule has 2 aromatic rings. The fourth-order valence-corrected chi connectivity index (χ4v) is 3.72. The van der Waals surface area contributed by atoms with Crippen molar-refractivity contribution in [3.63, 3.8) is 0 Å². The summed E-state index contributed by atoms with van der Waals surface area (Å²) in [5.41, 5.74) is 0.600. The van der Waals surface area contributed by atoms with Crippen molar-refractivity contribution in [3.05, 3.63) is 59.8 Å². The van der Waals surface area contributed by atoms with Gasteiger partial charge < -0.3 is 9.30 Å². The molecule has 0 aliphatic heterocycles. The lowest BCUT2D eigenvalue weighted by atomic mass is 10.2. The fraction of sp³-hybridized carbons (Fsp3) is 0.389.